The predicted octanol–water partition coefficient (Wildman–Crippen LogP) is 4.48. The lowest BCUT2D eigenvalue weighted by Crippen LogP contribution is -2.45. The molecule has 2 aromatic carbocycles. The van der Waals surface area contributed by atoms with Gasteiger partial charge in [0.15, 0.2) is 0 Å². The van der Waals surface area contributed by atoms with Gasteiger partial charge < -0.3 is 4.90 Å². The third-order valence-electron chi connectivity index (χ3n) is 5.43. The summed E-state index contributed by atoms with van der Waals surface area (Å²) < 4.78 is 0. The monoisotopic (exact) mass is 349 g/mol. The van der Waals surface area contributed by atoms with E-state index >= 15 is 0 Å². The maximum atomic E-state index is 12.1. The quantitative estimate of drug-likeness (QED) is 0.656. The molecule has 0 unspecified atom stereocenters. The first-order valence-electron chi connectivity index (χ1n) is 9.06. The van der Waals surface area contributed by atoms with Gasteiger partial charge >= 0.3 is 0 Å². The second-order valence-corrected chi connectivity index (χ2v) is 7.81. The van der Waals surface area contributed by atoms with E-state index in [4.69, 9.17) is 0 Å². The van der Waals surface area contributed by atoms with E-state index in [0.29, 0.717) is 11.5 Å². The van der Waals surface area contributed by atoms with E-state index in [9.17, 15) is 4.79 Å². The number of nitrogens with zero attached hydrogens (tertiary/aromatic N) is 2. The van der Waals surface area contributed by atoms with Gasteiger partial charge in [-0.05, 0) is 74.1 Å². The number of hydrazone groups is 1. The molecule has 0 saturated heterocycles. The Kier molecular flexibility index (Phi) is 4.86. The Morgan fingerprint density at radius 3 is 2.65 bits per heavy atom. The van der Waals surface area contributed by atoms with Crippen LogP contribution < -0.4 is 10.3 Å². The molecule has 0 radical (unpaired) electrons. The van der Waals surface area contributed by atoms with E-state index < -0.39 is 0 Å². The molecule has 0 spiro atoms. The van der Waals surface area contributed by atoms with Crippen molar-refractivity contribution < 1.29 is 4.79 Å². The zero-order chi connectivity index (χ0) is 18.9. The van der Waals surface area contributed by atoms with E-state index in [1.165, 1.54) is 11.3 Å². The summed E-state index contributed by atoms with van der Waals surface area (Å²) in [4.78, 5) is 14.5. The summed E-state index contributed by atoms with van der Waals surface area (Å²) in [6.07, 6.45) is 2.85. The van der Waals surface area contributed by atoms with E-state index in [-0.39, 0.29) is 11.4 Å². The lowest BCUT2D eigenvalue weighted by atomic mass is 9.79. The maximum Gasteiger partial charge on any atom is 0.271 e. The predicted molar refractivity (Wildman–Crippen MR) is 108 cm³/mol. The first-order valence-corrected chi connectivity index (χ1v) is 9.06. The Labute approximate surface area is 155 Å². The lowest BCUT2D eigenvalue weighted by Gasteiger charge is -2.45. The zero-order valence-corrected chi connectivity index (χ0v) is 16.2. The number of amides is 1. The van der Waals surface area contributed by atoms with Crippen molar-refractivity contribution in [2.75, 3.05) is 11.9 Å². The van der Waals surface area contributed by atoms with E-state index in [1.807, 2.05) is 18.2 Å². The summed E-state index contributed by atoms with van der Waals surface area (Å²) in [6.45, 7) is 8.94. The molecule has 1 heterocycles. The molecular formula is C22H27N3O. The molecule has 1 atom stereocenters. The van der Waals surface area contributed by atoms with Crippen molar-refractivity contribution in [3.63, 3.8) is 0 Å². The molecular weight excluding hydrogens is 322 g/mol. The second-order valence-electron chi connectivity index (χ2n) is 7.81. The van der Waals surface area contributed by atoms with Gasteiger partial charge in [0.25, 0.3) is 5.91 Å². The molecule has 4 heteroatoms. The van der Waals surface area contributed by atoms with Crippen molar-refractivity contribution in [3.8, 4) is 0 Å². The summed E-state index contributed by atoms with van der Waals surface area (Å²) in [5.41, 5.74) is 8.18. The number of fused-ring (bicyclic) bond motifs is 1. The molecule has 1 aliphatic heterocycles. The van der Waals surface area contributed by atoms with Gasteiger partial charge in [-0.2, -0.15) is 5.10 Å². The maximum absolute atomic E-state index is 12.1. The van der Waals surface area contributed by atoms with Crippen molar-refractivity contribution in [2.24, 2.45) is 5.10 Å². The summed E-state index contributed by atoms with van der Waals surface area (Å²) in [6, 6.07) is 13.5. The van der Waals surface area contributed by atoms with Gasteiger partial charge in [-0.15, -0.1) is 0 Å². The van der Waals surface area contributed by atoms with Crippen LogP contribution in [0.15, 0.2) is 47.6 Å². The van der Waals surface area contributed by atoms with Gasteiger partial charge in [0.1, 0.15) is 0 Å². The minimum atomic E-state index is -0.202. The number of aryl methyl sites for hydroxylation is 1. The molecule has 4 nitrogen and oxygen atoms in total. The first-order chi connectivity index (χ1) is 12.3. The summed E-state index contributed by atoms with van der Waals surface area (Å²) >= 11 is 0. The van der Waals surface area contributed by atoms with Crippen LogP contribution >= 0.6 is 0 Å². The molecule has 0 saturated carbocycles. The summed E-state index contributed by atoms with van der Waals surface area (Å²) in [5.74, 6) is 0.287. The van der Waals surface area contributed by atoms with E-state index in [1.54, 1.807) is 18.3 Å². The number of anilines is 1. The van der Waals surface area contributed by atoms with Crippen LogP contribution in [0.1, 0.15) is 60.2 Å². The van der Waals surface area contributed by atoms with Gasteiger partial charge in [-0.3, -0.25) is 4.79 Å². The van der Waals surface area contributed by atoms with Crippen LogP contribution in [0.25, 0.3) is 0 Å². The molecule has 1 N–H and O–H groups in total. The molecule has 1 aliphatic rings. The normalized spacial score (nSPS) is 18.7. The Hall–Kier alpha value is -2.62. The molecule has 0 aliphatic carbocycles. The van der Waals surface area contributed by atoms with Gasteiger partial charge in [-0.25, -0.2) is 5.43 Å². The van der Waals surface area contributed by atoms with E-state index in [2.05, 4.69) is 62.3 Å². The number of rotatable bonds is 3. The minimum Gasteiger partial charge on any atom is -0.369 e. The van der Waals surface area contributed by atoms with Crippen LogP contribution in [0.4, 0.5) is 5.69 Å². The lowest BCUT2D eigenvalue weighted by molar-refractivity contribution is 0.0955. The highest BCUT2D eigenvalue weighted by Crippen LogP contribution is 2.43. The zero-order valence-electron chi connectivity index (χ0n) is 16.2. The highest BCUT2D eigenvalue weighted by molar-refractivity contribution is 5.95. The highest BCUT2D eigenvalue weighted by Gasteiger charge is 2.34. The number of carbonyl (C=O) groups is 1. The molecule has 2 aromatic rings. The van der Waals surface area contributed by atoms with Crippen molar-refractivity contribution in [3.05, 3.63) is 64.7 Å². The van der Waals surface area contributed by atoms with Crippen molar-refractivity contribution in [1.29, 1.82) is 0 Å². The minimum absolute atomic E-state index is 0.151. The number of hydrogen-bond donors (Lipinski definition) is 1. The Morgan fingerprint density at radius 2 is 1.96 bits per heavy atom. The van der Waals surface area contributed by atoms with Crippen LogP contribution in [0, 0.1) is 6.92 Å². The Morgan fingerprint density at radius 1 is 1.27 bits per heavy atom. The SMILES string of the molecule is Cc1cc2c(cc1/C=N\NC(=O)c1ccccc1)[C@@H](C)CC(C)(C)N2C. The van der Waals surface area contributed by atoms with Crippen LogP contribution in [-0.2, 0) is 0 Å². The Balaban J connectivity index is 1.82. The van der Waals surface area contributed by atoms with Crippen LogP contribution in [0.5, 0.6) is 0 Å². The van der Waals surface area contributed by atoms with Crippen LogP contribution in [-0.4, -0.2) is 24.7 Å². The van der Waals surface area contributed by atoms with Crippen LogP contribution in [0.2, 0.25) is 0 Å². The van der Waals surface area contributed by atoms with Gasteiger partial charge in [0.05, 0.1) is 6.21 Å². The third-order valence-corrected chi connectivity index (χ3v) is 5.43. The Bertz CT molecular complexity index is 840. The van der Waals surface area contributed by atoms with Gasteiger partial charge in [0.2, 0.25) is 0 Å². The number of benzene rings is 2. The van der Waals surface area contributed by atoms with Gasteiger partial charge in [-0.1, -0.05) is 25.1 Å². The van der Waals surface area contributed by atoms with Crippen LogP contribution in [0.3, 0.4) is 0 Å². The average Bonchev–Trinajstić information content (AvgIpc) is 2.61. The molecule has 0 bridgehead atoms. The number of carbonyl (C=O) groups excluding carboxylic acids is 1. The van der Waals surface area contributed by atoms with Crippen molar-refractivity contribution in [2.45, 2.75) is 45.6 Å². The standard InChI is InChI=1S/C22H27N3O/c1-15-11-20-19(16(2)13-22(3,4)25(20)5)12-18(15)14-23-24-21(26)17-9-7-6-8-10-17/h6-12,14,16H,13H2,1-5H3,(H,24,26)/b23-14-/t16-/m0/s1. The smallest absolute Gasteiger partial charge is 0.271 e. The largest absolute Gasteiger partial charge is 0.369 e. The third kappa shape index (κ3) is 3.50. The fraction of sp³-hybridized carbons (Fsp3) is 0.364. The molecule has 0 fully saturated rings. The molecule has 26 heavy (non-hydrogen) atoms. The van der Waals surface area contributed by atoms with Gasteiger partial charge in [0, 0.05) is 23.8 Å². The summed E-state index contributed by atoms with van der Waals surface area (Å²) in [5, 5.41) is 4.16. The van der Waals surface area contributed by atoms with Crippen molar-refractivity contribution in [1.82, 2.24) is 5.43 Å². The second kappa shape index (κ2) is 6.94. The van der Waals surface area contributed by atoms with Crippen molar-refractivity contribution >= 4 is 17.8 Å². The number of nitrogens with one attached hydrogen (secondary N) is 1. The average molecular weight is 349 g/mol. The molecule has 3 rings (SSSR count). The summed E-state index contributed by atoms with van der Waals surface area (Å²) in [7, 11) is 2.16. The molecule has 0 aromatic heterocycles. The fourth-order valence-corrected chi connectivity index (χ4v) is 3.69. The molecule has 1 amide bonds. The molecule has 136 valence electrons. The van der Waals surface area contributed by atoms with E-state index in [0.717, 1.165) is 17.5 Å². The first kappa shape index (κ1) is 18.2. The topological polar surface area (TPSA) is 44.7 Å². The fourth-order valence-electron chi connectivity index (χ4n) is 3.69. The highest BCUT2D eigenvalue weighted by atomic mass is 16.2. The number of hydrogen-bond acceptors (Lipinski definition) is 3.